The molecule has 0 aliphatic heterocycles. The average molecular weight is 421 g/mol. The molecule has 2 aromatic carbocycles. The van der Waals surface area contributed by atoms with Gasteiger partial charge in [0.15, 0.2) is 0 Å². The normalized spacial score (nSPS) is 25.8. The number of halogens is 1. The van der Waals surface area contributed by atoms with E-state index in [1.807, 2.05) is 37.3 Å². The lowest BCUT2D eigenvalue weighted by Crippen LogP contribution is -2.43. The minimum atomic E-state index is -3.77. The first-order valence-electron chi connectivity index (χ1n) is 9.28. The minimum Gasteiger partial charge on any atom is -0.392 e. The highest BCUT2D eigenvalue weighted by Crippen LogP contribution is 2.41. The fourth-order valence-corrected chi connectivity index (χ4v) is 5.96. The van der Waals surface area contributed by atoms with Gasteiger partial charge in [0.05, 0.1) is 28.6 Å². The Bertz CT molecular complexity index is 952. The van der Waals surface area contributed by atoms with E-state index < -0.39 is 28.0 Å². The highest BCUT2D eigenvalue weighted by molar-refractivity contribution is 7.95. The lowest BCUT2D eigenvalue weighted by molar-refractivity contribution is -0.0402. The van der Waals surface area contributed by atoms with Crippen LogP contribution in [0.2, 0.25) is 5.02 Å². The molecule has 4 atom stereocenters. The van der Waals surface area contributed by atoms with E-state index in [0.29, 0.717) is 17.2 Å². The van der Waals surface area contributed by atoms with E-state index >= 15 is 0 Å². The zero-order valence-corrected chi connectivity index (χ0v) is 17.7. The van der Waals surface area contributed by atoms with Crippen molar-refractivity contribution in [3.63, 3.8) is 0 Å². The van der Waals surface area contributed by atoms with Gasteiger partial charge in [-0.25, -0.2) is 8.42 Å². The smallest absolute Gasteiger partial charge is 0.203 e. The van der Waals surface area contributed by atoms with Crippen molar-refractivity contribution < 1.29 is 18.3 Å². The summed E-state index contributed by atoms with van der Waals surface area (Å²) in [5, 5.41) is 11.2. The van der Waals surface area contributed by atoms with Gasteiger partial charge < -0.3 is 9.84 Å². The second-order valence-corrected chi connectivity index (χ2v) is 9.71. The lowest BCUT2D eigenvalue weighted by Gasteiger charge is -2.39. The monoisotopic (exact) mass is 420 g/mol. The molecule has 1 aliphatic rings. The van der Waals surface area contributed by atoms with E-state index in [1.54, 1.807) is 26.0 Å². The summed E-state index contributed by atoms with van der Waals surface area (Å²) in [5.41, 5.74) is 1.65. The number of benzene rings is 2. The molecule has 0 unspecified atom stereocenters. The third kappa shape index (κ3) is 4.03. The molecule has 3 rings (SSSR count). The molecular formula is C22H25ClO4S. The molecule has 0 aromatic heterocycles. The first-order chi connectivity index (χ1) is 13.2. The number of hydrogen-bond acceptors (Lipinski definition) is 4. The topological polar surface area (TPSA) is 63.6 Å². The van der Waals surface area contributed by atoms with Crippen molar-refractivity contribution in [2.45, 2.75) is 44.5 Å². The Labute approximate surface area is 171 Å². The first-order valence-corrected chi connectivity index (χ1v) is 11.1. The van der Waals surface area contributed by atoms with E-state index in [1.165, 1.54) is 12.1 Å². The van der Waals surface area contributed by atoms with Crippen molar-refractivity contribution in [3.8, 4) is 0 Å². The van der Waals surface area contributed by atoms with Crippen molar-refractivity contribution in [3.05, 3.63) is 75.7 Å². The third-order valence-electron chi connectivity index (χ3n) is 5.44. The van der Waals surface area contributed by atoms with Crippen LogP contribution in [0.15, 0.2) is 70.0 Å². The van der Waals surface area contributed by atoms with E-state index in [0.717, 1.165) is 5.56 Å². The molecule has 0 bridgehead atoms. The average Bonchev–Trinajstić information content (AvgIpc) is 2.67. The molecule has 0 spiro atoms. The highest BCUT2D eigenvalue weighted by Gasteiger charge is 2.43. The zero-order chi connectivity index (χ0) is 20.5. The summed E-state index contributed by atoms with van der Waals surface area (Å²) < 4.78 is 32.7. The van der Waals surface area contributed by atoms with Gasteiger partial charge in [-0.15, -0.1) is 0 Å². The van der Waals surface area contributed by atoms with Gasteiger partial charge in [0, 0.05) is 16.9 Å². The van der Waals surface area contributed by atoms with Crippen LogP contribution in [-0.4, -0.2) is 25.7 Å². The van der Waals surface area contributed by atoms with Crippen LogP contribution >= 0.6 is 11.6 Å². The Balaban J connectivity index is 1.99. The molecule has 150 valence electrons. The molecule has 0 saturated carbocycles. The number of aliphatic hydroxyl groups excluding tert-OH is 1. The maximum Gasteiger partial charge on any atom is 0.203 e. The molecule has 1 N–H and O–H groups in total. The summed E-state index contributed by atoms with van der Waals surface area (Å²) in [5.74, 6) is -0.741. The van der Waals surface area contributed by atoms with Gasteiger partial charge in [0.1, 0.15) is 0 Å². The van der Waals surface area contributed by atoms with Crippen molar-refractivity contribution in [2.75, 3.05) is 0 Å². The molecule has 0 amide bonds. The van der Waals surface area contributed by atoms with Crippen molar-refractivity contribution in [1.29, 1.82) is 0 Å². The number of sulfone groups is 1. The van der Waals surface area contributed by atoms with Gasteiger partial charge in [-0.3, -0.25) is 0 Å². The first kappa shape index (κ1) is 21.1. The molecule has 0 heterocycles. The quantitative estimate of drug-likeness (QED) is 0.766. The van der Waals surface area contributed by atoms with Crippen LogP contribution in [0, 0.1) is 11.8 Å². The standard InChI is InChI=1S/C22H25ClO4S/c1-14-20(24)15(2)22(28(25,26)19-11-9-18(23)10-12-19)16(3)21(14)27-13-17-7-5-4-6-8-17/h4-12,14-15,20-21,24H,13H2,1-3H3/t14-,15-,20+,21+/m1/s1. The number of aliphatic hydroxyl groups is 1. The fourth-order valence-electron chi connectivity index (χ4n) is 3.92. The van der Waals surface area contributed by atoms with Gasteiger partial charge in [0.25, 0.3) is 0 Å². The Hall–Kier alpha value is -1.66. The maximum atomic E-state index is 13.3. The van der Waals surface area contributed by atoms with Crippen LogP contribution in [0.1, 0.15) is 26.3 Å². The van der Waals surface area contributed by atoms with E-state index in [2.05, 4.69) is 0 Å². The molecular weight excluding hydrogens is 396 g/mol. The van der Waals surface area contributed by atoms with Gasteiger partial charge >= 0.3 is 0 Å². The van der Waals surface area contributed by atoms with E-state index in [9.17, 15) is 13.5 Å². The van der Waals surface area contributed by atoms with Gasteiger partial charge in [-0.1, -0.05) is 55.8 Å². The zero-order valence-electron chi connectivity index (χ0n) is 16.2. The summed E-state index contributed by atoms with van der Waals surface area (Å²) in [4.78, 5) is 0.403. The van der Waals surface area contributed by atoms with Crippen LogP contribution in [0.4, 0.5) is 0 Å². The maximum absolute atomic E-state index is 13.3. The van der Waals surface area contributed by atoms with Crippen LogP contribution in [-0.2, 0) is 21.2 Å². The summed E-state index contributed by atoms with van der Waals surface area (Å²) >= 11 is 5.90. The van der Waals surface area contributed by atoms with Crippen molar-refractivity contribution in [2.24, 2.45) is 11.8 Å². The van der Waals surface area contributed by atoms with Gasteiger partial charge in [0.2, 0.25) is 9.84 Å². The van der Waals surface area contributed by atoms with Crippen molar-refractivity contribution in [1.82, 2.24) is 0 Å². The van der Waals surface area contributed by atoms with Crippen molar-refractivity contribution >= 4 is 21.4 Å². The second kappa shape index (κ2) is 8.37. The largest absolute Gasteiger partial charge is 0.392 e. The molecule has 0 fully saturated rings. The Kier molecular flexibility index (Phi) is 6.30. The van der Waals surface area contributed by atoms with Crippen LogP contribution in [0.3, 0.4) is 0 Å². The van der Waals surface area contributed by atoms with E-state index in [-0.39, 0.29) is 15.7 Å². The third-order valence-corrected chi connectivity index (χ3v) is 7.86. The van der Waals surface area contributed by atoms with Gasteiger partial charge in [-0.05, 0) is 42.3 Å². The predicted molar refractivity (Wildman–Crippen MR) is 111 cm³/mol. The number of rotatable bonds is 5. The predicted octanol–water partition coefficient (Wildman–Crippen LogP) is 4.62. The van der Waals surface area contributed by atoms with Crippen LogP contribution in [0.25, 0.3) is 0 Å². The molecule has 6 heteroatoms. The lowest BCUT2D eigenvalue weighted by atomic mass is 9.79. The highest BCUT2D eigenvalue weighted by atomic mass is 35.5. The molecule has 0 saturated heterocycles. The minimum absolute atomic E-state index is 0.168. The SMILES string of the molecule is CC1=C(S(=O)(=O)c2ccc(Cl)cc2)[C@H](C)[C@@H](O)[C@@H](C)[C@@H]1OCc1ccccc1. The molecule has 4 nitrogen and oxygen atoms in total. The molecule has 2 aromatic rings. The summed E-state index contributed by atoms with van der Waals surface area (Å²) in [6.45, 7) is 5.78. The molecule has 0 radical (unpaired) electrons. The second-order valence-electron chi connectivity index (χ2n) is 7.36. The Morgan fingerprint density at radius 3 is 2.25 bits per heavy atom. The van der Waals surface area contributed by atoms with E-state index in [4.69, 9.17) is 16.3 Å². The number of ether oxygens (including phenoxy) is 1. The van der Waals surface area contributed by atoms with Gasteiger partial charge in [-0.2, -0.15) is 0 Å². The van der Waals surface area contributed by atoms with Crippen LogP contribution < -0.4 is 0 Å². The Morgan fingerprint density at radius 1 is 1.04 bits per heavy atom. The summed E-state index contributed by atoms with van der Waals surface area (Å²) in [6.07, 6.45) is -1.30. The summed E-state index contributed by atoms with van der Waals surface area (Å²) in [7, 11) is -3.77. The molecule has 1 aliphatic carbocycles. The summed E-state index contributed by atoms with van der Waals surface area (Å²) in [6, 6.07) is 15.8. The molecule has 28 heavy (non-hydrogen) atoms. The number of hydrogen-bond donors (Lipinski definition) is 1. The Morgan fingerprint density at radius 2 is 1.64 bits per heavy atom. The fraction of sp³-hybridized carbons (Fsp3) is 0.364. The van der Waals surface area contributed by atoms with Crippen LogP contribution in [0.5, 0.6) is 0 Å².